The van der Waals surface area contributed by atoms with E-state index in [9.17, 15) is 19.5 Å². The van der Waals surface area contributed by atoms with Crippen molar-refractivity contribution >= 4 is 23.7 Å². The molecule has 0 fully saturated rings. The Balaban J connectivity index is 2.79. The van der Waals surface area contributed by atoms with Gasteiger partial charge >= 0.3 is 18.0 Å². The number of nitrogens with one attached hydrogen (secondary N) is 1. The number of benzene rings is 1. The molecule has 0 spiro atoms. The van der Waals surface area contributed by atoms with E-state index < -0.39 is 36.3 Å². The zero-order chi connectivity index (χ0) is 18.5. The average molecular weight is 340 g/mol. The summed E-state index contributed by atoms with van der Waals surface area (Å²) in [6.07, 6.45) is -0.901. The zero-order valence-electron chi connectivity index (χ0n) is 13.5. The molecule has 0 heterocycles. The van der Waals surface area contributed by atoms with E-state index in [1.165, 1.54) is 12.1 Å². The molecule has 0 bridgehead atoms. The number of nitrogens with two attached hydrogens (primary N) is 1. The zero-order valence-corrected chi connectivity index (χ0v) is 13.5. The quantitative estimate of drug-likeness (QED) is 0.349. The lowest BCUT2D eigenvalue weighted by Gasteiger charge is -2.22. The van der Waals surface area contributed by atoms with Crippen LogP contribution in [-0.2, 0) is 9.53 Å². The van der Waals surface area contributed by atoms with Gasteiger partial charge in [-0.2, -0.15) is 0 Å². The highest BCUT2D eigenvalue weighted by atomic mass is 16.6. The molecule has 132 valence electrons. The fourth-order valence-electron chi connectivity index (χ4n) is 1.60. The summed E-state index contributed by atoms with van der Waals surface area (Å²) in [5.41, 5.74) is 4.49. The molecule has 0 aliphatic heterocycles. The predicted molar refractivity (Wildman–Crippen MR) is 83.7 cm³/mol. The molecule has 0 saturated heterocycles. The van der Waals surface area contributed by atoms with Crippen LogP contribution in [0.3, 0.4) is 0 Å². The van der Waals surface area contributed by atoms with Crippen LogP contribution in [0.15, 0.2) is 18.2 Å². The summed E-state index contributed by atoms with van der Waals surface area (Å²) in [6, 6.07) is 2.26. The molecule has 0 aliphatic rings. The monoisotopic (exact) mass is 340 g/mol. The van der Waals surface area contributed by atoms with Gasteiger partial charge in [0.2, 0.25) is 0 Å². The van der Waals surface area contributed by atoms with E-state index >= 15 is 0 Å². The second-order valence-corrected chi connectivity index (χ2v) is 5.86. The number of aliphatic hydroxyl groups is 1. The van der Waals surface area contributed by atoms with E-state index in [1.54, 1.807) is 20.8 Å². The van der Waals surface area contributed by atoms with Gasteiger partial charge in [-0.05, 0) is 39.0 Å². The highest BCUT2D eigenvalue weighted by Crippen LogP contribution is 2.20. The van der Waals surface area contributed by atoms with Crippen molar-refractivity contribution < 1.29 is 34.1 Å². The van der Waals surface area contributed by atoms with E-state index in [0.29, 0.717) is 0 Å². The van der Waals surface area contributed by atoms with E-state index in [1.807, 2.05) is 0 Å². The highest BCUT2D eigenvalue weighted by Gasteiger charge is 2.25. The fraction of sp³-hybridized carbons (Fsp3) is 0.400. The maximum Gasteiger partial charge on any atom is 0.408 e. The van der Waals surface area contributed by atoms with Gasteiger partial charge in [0.1, 0.15) is 11.4 Å². The molecule has 0 radical (unpaired) electrons. The van der Waals surface area contributed by atoms with Gasteiger partial charge in [0.15, 0.2) is 6.04 Å². The molecule has 0 saturated carbocycles. The Morgan fingerprint density at radius 3 is 2.42 bits per heavy atom. The molecular formula is C15H20N2O7. The number of esters is 1. The van der Waals surface area contributed by atoms with Crippen molar-refractivity contribution in [2.24, 2.45) is 0 Å². The van der Waals surface area contributed by atoms with E-state index in [0.717, 1.165) is 6.07 Å². The molecule has 24 heavy (non-hydrogen) atoms. The number of rotatable bonds is 5. The van der Waals surface area contributed by atoms with E-state index in [2.05, 4.69) is 5.32 Å². The number of hydrogen-bond acceptors (Lipinski definition) is 7. The van der Waals surface area contributed by atoms with Crippen LogP contribution in [0.1, 0.15) is 31.1 Å². The number of nitrogen functional groups attached to an aromatic ring is 1. The highest BCUT2D eigenvalue weighted by molar-refractivity contribution is 5.94. The van der Waals surface area contributed by atoms with E-state index in [4.69, 9.17) is 20.3 Å². The van der Waals surface area contributed by atoms with Gasteiger partial charge in [0, 0.05) is 5.69 Å². The van der Waals surface area contributed by atoms with Crippen molar-refractivity contribution in [1.29, 1.82) is 0 Å². The standard InChI is InChI=1S/C15H20N2O7/c1-15(2,3)24-14(22)17-11(7-18)13(21)23-8-4-5-10(16)9(6-8)12(19)20/h4-6,11,18H,7,16H2,1-3H3,(H,17,22)(H,19,20)/t11-/m0/s1. The van der Waals surface area contributed by atoms with Crippen molar-refractivity contribution in [2.45, 2.75) is 32.4 Å². The third-order valence-corrected chi connectivity index (χ3v) is 2.63. The third-order valence-electron chi connectivity index (χ3n) is 2.63. The molecular weight excluding hydrogens is 320 g/mol. The second kappa shape index (κ2) is 7.64. The van der Waals surface area contributed by atoms with Gasteiger partial charge in [-0.25, -0.2) is 14.4 Å². The minimum absolute atomic E-state index is 0.00730. The number of amides is 1. The van der Waals surface area contributed by atoms with Crippen LogP contribution in [0.5, 0.6) is 5.75 Å². The number of alkyl carbamates (subject to hydrolysis) is 1. The fourth-order valence-corrected chi connectivity index (χ4v) is 1.60. The Labute approximate surface area is 138 Å². The summed E-state index contributed by atoms with van der Waals surface area (Å²) < 4.78 is 9.93. The van der Waals surface area contributed by atoms with Crippen LogP contribution in [0.2, 0.25) is 0 Å². The molecule has 1 aromatic rings. The lowest BCUT2D eigenvalue weighted by Crippen LogP contribution is -2.47. The topological polar surface area (TPSA) is 148 Å². The van der Waals surface area contributed by atoms with Gasteiger partial charge in [-0.15, -0.1) is 0 Å². The normalized spacial score (nSPS) is 12.2. The van der Waals surface area contributed by atoms with Crippen LogP contribution in [0, 0.1) is 0 Å². The Hall–Kier alpha value is -2.81. The molecule has 9 nitrogen and oxygen atoms in total. The number of aromatic carboxylic acids is 1. The Kier molecular flexibility index (Phi) is 6.13. The summed E-state index contributed by atoms with van der Waals surface area (Å²) in [5, 5.41) is 20.4. The number of carboxylic acid groups (broad SMARTS) is 1. The Bertz CT molecular complexity index is 637. The van der Waals surface area contributed by atoms with Crippen molar-refractivity contribution in [3.8, 4) is 5.75 Å². The number of carbonyl (C=O) groups is 3. The number of aliphatic hydroxyl groups excluding tert-OH is 1. The smallest absolute Gasteiger partial charge is 0.408 e. The number of ether oxygens (including phenoxy) is 2. The van der Waals surface area contributed by atoms with Crippen molar-refractivity contribution in [2.75, 3.05) is 12.3 Å². The summed E-state index contributed by atoms with van der Waals surface area (Å²) in [7, 11) is 0. The van der Waals surface area contributed by atoms with Crippen molar-refractivity contribution in [3.05, 3.63) is 23.8 Å². The first-order valence-corrected chi connectivity index (χ1v) is 6.98. The van der Waals surface area contributed by atoms with E-state index in [-0.39, 0.29) is 17.0 Å². The average Bonchev–Trinajstić information content (AvgIpc) is 2.44. The molecule has 5 N–H and O–H groups in total. The summed E-state index contributed by atoms with van der Waals surface area (Å²) in [4.78, 5) is 34.6. The lowest BCUT2D eigenvalue weighted by molar-refractivity contribution is -0.137. The number of anilines is 1. The molecule has 0 unspecified atom stereocenters. The largest absolute Gasteiger partial charge is 0.478 e. The van der Waals surface area contributed by atoms with Crippen LogP contribution in [0.4, 0.5) is 10.5 Å². The first-order valence-electron chi connectivity index (χ1n) is 6.98. The van der Waals surface area contributed by atoms with Crippen LogP contribution >= 0.6 is 0 Å². The Morgan fingerprint density at radius 1 is 1.29 bits per heavy atom. The Morgan fingerprint density at radius 2 is 1.92 bits per heavy atom. The number of carbonyl (C=O) groups excluding carboxylic acids is 2. The third kappa shape index (κ3) is 5.76. The maximum absolute atomic E-state index is 12.0. The number of hydrogen-bond donors (Lipinski definition) is 4. The summed E-state index contributed by atoms with van der Waals surface area (Å²) in [6.45, 7) is 4.20. The molecule has 0 aliphatic carbocycles. The summed E-state index contributed by atoms with van der Waals surface area (Å²) >= 11 is 0. The van der Waals surface area contributed by atoms with Crippen LogP contribution < -0.4 is 15.8 Å². The molecule has 1 aromatic carbocycles. The van der Waals surface area contributed by atoms with Crippen molar-refractivity contribution in [3.63, 3.8) is 0 Å². The predicted octanol–water partition coefficient (Wildman–Crippen LogP) is 0.758. The number of carboxylic acids is 1. The second-order valence-electron chi connectivity index (χ2n) is 5.86. The first-order chi connectivity index (χ1) is 11.0. The summed E-state index contributed by atoms with van der Waals surface area (Å²) in [5.74, 6) is -2.35. The minimum Gasteiger partial charge on any atom is -0.478 e. The molecule has 0 aromatic heterocycles. The molecule has 1 atom stereocenters. The van der Waals surface area contributed by atoms with Crippen LogP contribution in [0.25, 0.3) is 0 Å². The first kappa shape index (κ1) is 19.2. The minimum atomic E-state index is -1.37. The van der Waals surface area contributed by atoms with Gasteiger partial charge < -0.3 is 30.7 Å². The van der Waals surface area contributed by atoms with Crippen molar-refractivity contribution in [1.82, 2.24) is 5.32 Å². The molecule has 1 rings (SSSR count). The maximum atomic E-state index is 12.0. The van der Waals surface area contributed by atoms with Gasteiger partial charge in [0.05, 0.1) is 12.2 Å². The van der Waals surface area contributed by atoms with Crippen LogP contribution in [-0.4, -0.2) is 46.5 Å². The lowest BCUT2D eigenvalue weighted by atomic mass is 10.2. The van der Waals surface area contributed by atoms with Gasteiger partial charge in [-0.1, -0.05) is 0 Å². The van der Waals surface area contributed by atoms with Gasteiger partial charge in [0.25, 0.3) is 0 Å². The van der Waals surface area contributed by atoms with Gasteiger partial charge in [-0.3, -0.25) is 0 Å². The SMILES string of the molecule is CC(C)(C)OC(=O)N[C@@H](CO)C(=O)Oc1ccc(N)c(C(=O)O)c1. The molecule has 1 amide bonds. The molecule has 9 heteroatoms.